The van der Waals surface area contributed by atoms with Crippen LogP contribution in [0.4, 0.5) is 5.69 Å². The summed E-state index contributed by atoms with van der Waals surface area (Å²) in [6.07, 6.45) is -0.603. The summed E-state index contributed by atoms with van der Waals surface area (Å²) in [6, 6.07) is 22.5. The number of nitro benzene ring substituents is 1. The highest BCUT2D eigenvalue weighted by atomic mass is 32.2. The summed E-state index contributed by atoms with van der Waals surface area (Å²) in [7, 11) is 0. The fourth-order valence-electron chi connectivity index (χ4n) is 3.47. The van der Waals surface area contributed by atoms with Crippen LogP contribution < -0.4 is 0 Å². The molecule has 0 amide bonds. The van der Waals surface area contributed by atoms with E-state index in [0.29, 0.717) is 24.4 Å². The molecule has 1 aliphatic heterocycles. The molecule has 1 aliphatic rings. The second kappa shape index (κ2) is 7.91. The second-order valence-corrected chi connectivity index (χ2v) is 7.83. The number of hydrogen-bond acceptors (Lipinski definition) is 6. The number of nitrogens with zero attached hydrogens (tertiary/aromatic N) is 3. The smallest absolute Gasteiger partial charge is 0.272 e. The average Bonchev–Trinajstić information content (AvgIpc) is 3.43. The van der Waals surface area contributed by atoms with Crippen molar-refractivity contribution in [1.82, 2.24) is 9.78 Å². The van der Waals surface area contributed by atoms with Crippen LogP contribution in [0.3, 0.4) is 0 Å². The number of ether oxygens (including phenoxy) is 2. The molecule has 1 saturated heterocycles. The fourth-order valence-corrected chi connectivity index (χ4v) is 4.51. The zero-order valence-electron chi connectivity index (χ0n) is 15.8. The molecule has 5 rings (SSSR count). The minimum absolute atomic E-state index is 0.0119. The van der Waals surface area contributed by atoms with Crippen molar-refractivity contribution in [1.29, 1.82) is 0 Å². The Labute approximate surface area is 176 Å². The van der Waals surface area contributed by atoms with Crippen molar-refractivity contribution in [2.75, 3.05) is 13.2 Å². The molecule has 0 bridgehead atoms. The van der Waals surface area contributed by atoms with Crippen LogP contribution >= 0.6 is 11.8 Å². The molecule has 0 saturated carbocycles. The summed E-state index contributed by atoms with van der Waals surface area (Å²) in [4.78, 5) is 13.0. The number of aromatic nitrogens is 2. The van der Waals surface area contributed by atoms with Gasteiger partial charge in [-0.15, -0.1) is 0 Å². The predicted molar refractivity (Wildman–Crippen MR) is 113 cm³/mol. The lowest BCUT2D eigenvalue weighted by Crippen LogP contribution is -2.02. The molecular formula is C22H17N3O4S. The molecule has 4 aromatic rings. The van der Waals surface area contributed by atoms with E-state index < -0.39 is 6.29 Å². The summed E-state index contributed by atoms with van der Waals surface area (Å²) >= 11 is 1.46. The number of para-hydroxylation sites is 1. The van der Waals surface area contributed by atoms with Gasteiger partial charge in [-0.3, -0.25) is 10.1 Å². The van der Waals surface area contributed by atoms with Gasteiger partial charge in [0, 0.05) is 27.3 Å². The molecule has 0 spiro atoms. The van der Waals surface area contributed by atoms with Crippen molar-refractivity contribution in [3.63, 3.8) is 0 Å². The number of hydrogen-bond donors (Lipinski definition) is 0. The lowest BCUT2D eigenvalue weighted by Gasteiger charge is -2.09. The van der Waals surface area contributed by atoms with Crippen molar-refractivity contribution in [3.05, 3.63) is 88.6 Å². The Morgan fingerprint density at radius 1 is 1.00 bits per heavy atom. The second-order valence-electron chi connectivity index (χ2n) is 6.72. The molecule has 3 aromatic carbocycles. The molecule has 0 unspecified atom stereocenters. The Kier molecular flexibility index (Phi) is 4.96. The van der Waals surface area contributed by atoms with Crippen LogP contribution in [0, 0.1) is 10.1 Å². The molecule has 1 aromatic heterocycles. The van der Waals surface area contributed by atoms with Gasteiger partial charge >= 0.3 is 0 Å². The molecule has 2 heterocycles. The van der Waals surface area contributed by atoms with Crippen LogP contribution in [0.2, 0.25) is 0 Å². The highest BCUT2D eigenvalue weighted by molar-refractivity contribution is 7.99. The maximum absolute atomic E-state index is 11.7. The first kappa shape index (κ1) is 18.8. The zero-order chi connectivity index (χ0) is 20.5. The van der Waals surface area contributed by atoms with Crippen molar-refractivity contribution in [2.24, 2.45) is 0 Å². The van der Waals surface area contributed by atoms with Gasteiger partial charge in [0.05, 0.1) is 29.3 Å². The van der Waals surface area contributed by atoms with Gasteiger partial charge in [-0.2, -0.15) is 5.10 Å². The van der Waals surface area contributed by atoms with Crippen LogP contribution in [0.5, 0.6) is 0 Å². The van der Waals surface area contributed by atoms with Crippen LogP contribution in [-0.2, 0) is 9.47 Å². The topological polar surface area (TPSA) is 79.4 Å². The maximum Gasteiger partial charge on any atom is 0.272 e. The van der Waals surface area contributed by atoms with Gasteiger partial charge in [0.25, 0.3) is 5.69 Å². The third kappa shape index (κ3) is 3.45. The first-order valence-corrected chi connectivity index (χ1v) is 10.2. The molecule has 30 heavy (non-hydrogen) atoms. The molecule has 8 heteroatoms. The highest BCUT2D eigenvalue weighted by Crippen LogP contribution is 2.41. The molecule has 0 atom stereocenters. The summed E-state index contributed by atoms with van der Waals surface area (Å²) in [5.74, 6) is 0. The van der Waals surface area contributed by atoms with Crippen molar-refractivity contribution in [2.45, 2.75) is 16.1 Å². The van der Waals surface area contributed by atoms with E-state index in [1.54, 1.807) is 16.8 Å². The van der Waals surface area contributed by atoms with Crippen molar-refractivity contribution in [3.8, 4) is 5.69 Å². The first-order valence-electron chi connectivity index (χ1n) is 9.43. The number of benzene rings is 3. The monoisotopic (exact) mass is 419 g/mol. The molecular weight excluding hydrogens is 402 g/mol. The van der Waals surface area contributed by atoms with Gasteiger partial charge in [0.15, 0.2) is 0 Å². The van der Waals surface area contributed by atoms with E-state index in [-0.39, 0.29) is 10.6 Å². The van der Waals surface area contributed by atoms with Gasteiger partial charge in [0.2, 0.25) is 6.29 Å². The Bertz CT molecular complexity index is 1210. The number of non-ortho nitro benzene ring substituents is 1. The van der Waals surface area contributed by atoms with E-state index in [0.717, 1.165) is 20.9 Å². The van der Waals surface area contributed by atoms with E-state index >= 15 is 0 Å². The van der Waals surface area contributed by atoms with E-state index in [4.69, 9.17) is 14.6 Å². The van der Waals surface area contributed by atoms with E-state index in [1.165, 1.54) is 11.8 Å². The molecule has 150 valence electrons. The SMILES string of the molecule is O=[N+]([O-])c1cc(Sc2ccccc2)c2c(C3OCCO3)nn(-c3ccccc3)c2c1. The average molecular weight is 419 g/mol. The Hall–Kier alpha value is -3.20. The van der Waals surface area contributed by atoms with Gasteiger partial charge < -0.3 is 9.47 Å². The van der Waals surface area contributed by atoms with E-state index in [9.17, 15) is 10.1 Å². The minimum Gasteiger partial charge on any atom is -0.345 e. The largest absolute Gasteiger partial charge is 0.345 e. The van der Waals surface area contributed by atoms with Crippen LogP contribution in [0.25, 0.3) is 16.6 Å². The van der Waals surface area contributed by atoms with Gasteiger partial charge in [-0.25, -0.2) is 4.68 Å². The number of fused-ring (bicyclic) bond motifs is 1. The number of nitro groups is 1. The first-order chi connectivity index (χ1) is 14.7. The molecule has 0 radical (unpaired) electrons. The van der Waals surface area contributed by atoms with E-state index in [2.05, 4.69) is 0 Å². The van der Waals surface area contributed by atoms with Crippen LogP contribution in [0.15, 0.2) is 82.6 Å². The van der Waals surface area contributed by atoms with Crippen LogP contribution in [0.1, 0.15) is 12.0 Å². The zero-order valence-corrected chi connectivity index (χ0v) is 16.6. The number of rotatable bonds is 5. The quantitative estimate of drug-likeness (QED) is 0.330. The summed E-state index contributed by atoms with van der Waals surface area (Å²) in [6.45, 7) is 0.969. The molecule has 0 aliphatic carbocycles. The normalized spacial score (nSPS) is 14.4. The lowest BCUT2D eigenvalue weighted by atomic mass is 10.1. The van der Waals surface area contributed by atoms with Gasteiger partial charge in [-0.1, -0.05) is 48.2 Å². The van der Waals surface area contributed by atoms with Crippen molar-refractivity contribution >= 4 is 28.4 Å². The molecule has 0 N–H and O–H groups in total. The summed E-state index contributed by atoms with van der Waals surface area (Å²) < 4.78 is 13.2. The minimum atomic E-state index is -0.603. The Morgan fingerprint density at radius 3 is 2.33 bits per heavy atom. The Balaban J connectivity index is 1.78. The van der Waals surface area contributed by atoms with Gasteiger partial charge in [0.1, 0.15) is 5.69 Å². The summed E-state index contributed by atoms with van der Waals surface area (Å²) in [5.41, 5.74) is 2.09. The summed E-state index contributed by atoms with van der Waals surface area (Å²) in [5, 5.41) is 17.2. The Morgan fingerprint density at radius 2 is 1.67 bits per heavy atom. The third-order valence-electron chi connectivity index (χ3n) is 4.79. The third-order valence-corrected chi connectivity index (χ3v) is 5.84. The standard InChI is InChI=1S/C22H17N3O4S/c26-25(27)16-13-18-20(19(14-16)30-17-9-5-2-6-10-17)21(22-28-11-12-29-22)23-24(18)15-7-3-1-4-8-15/h1-10,13-14,22H,11-12H2. The predicted octanol–water partition coefficient (Wildman–Crippen LogP) is 5.13. The van der Waals surface area contributed by atoms with Crippen molar-refractivity contribution < 1.29 is 14.4 Å². The van der Waals surface area contributed by atoms with Crippen LogP contribution in [-0.4, -0.2) is 27.9 Å². The fraction of sp³-hybridized carbons (Fsp3) is 0.136. The van der Waals surface area contributed by atoms with E-state index in [1.807, 2.05) is 60.7 Å². The lowest BCUT2D eigenvalue weighted by molar-refractivity contribution is -0.384. The van der Waals surface area contributed by atoms with Gasteiger partial charge in [-0.05, 0) is 24.3 Å². The maximum atomic E-state index is 11.7. The highest BCUT2D eigenvalue weighted by Gasteiger charge is 2.29. The molecule has 7 nitrogen and oxygen atoms in total. The molecule has 1 fully saturated rings.